The fourth-order valence-electron chi connectivity index (χ4n) is 6.37. The number of nitrogens with zero attached hydrogens (tertiary/aromatic N) is 3. The second kappa shape index (κ2) is 12.8. The Morgan fingerprint density at radius 3 is 2.57 bits per heavy atom. The maximum absolute atomic E-state index is 15.4. The van der Waals surface area contributed by atoms with Gasteiger partial charge < -0.3 is 25.3 Å². The van der Waals surface area contributed by atoms with Crippen molar-refractivity contribution in [2.45, 2.75) is 44.4 Å². The van der Waals surface area contributed by atoms with Crippen molar-refractivity contribution in [1.82, 2.24) is 24.8 Å². The zero-order valence-corrected chi connectivity index (χ0v) is 27.1. The Morgan fingerprint density at radius 2 is 1.85 bits per heavy atom. The molecule has 2 aromatic carbocycles. The topological polar surface area (TPSA) is 136 Å². The Labute approximate surface area is 274 Å². The maximum atomic E-state index is 15.4. The van der Waals surface area contributed by atoms with Gasteiger partial charge in [0.15, 0.2) is 0 Å². The molecule has 0 saturated carbocycles. The molecule has 244 valence electrons. The van der Waals surface area contributed by atoms with E-state index < -0.39 is 29.4 Å². The number of anilines is 1. The average molecular weight is 661 g/mol. The van der Waals surface area contributed by atoms with Gasteiger partial charge >= 0.3 is 5.69 Å². The van der Waals surface area contributed by atoms with E-state index in [1.54, 1.807) is 12.1 Å². The van der Waals surface area contributed by atoms with Gasteiger partial charge in [0, 0.05) is 68.1 Å². The number of alkyl halides is 1. The monoisotopic (exact) mass is 660 g/mol. The summed E-state index contributed by atoms with van der Waals surface area (Å²) in [6.07, 6.45) is 1.37. The fourth-order valence-corrected chi connectivity index (χ4v) is 6.69. The molecule has 2 amide bonds. The van der Waals surface area contributed by atoms with E-state index in [4.69, 9.17) is 21.3 Å². The molecule has 2 unspecified atom stereocenters. The molecule has 1 saturated heterocycles. The van der Waals surface area contributed by atoms with Crippen molar-refractivity contribution in [3.8, 4) is 28.3 Å². The third-order valence-corrected chi connectivity index (χ3v) is 9.30. The summed E-state index contributed by atoms with van der Waals surface area (Å²) in [4.78, 5) is 54.2. The number of benzene rings is 2. The molecule has 11 nitrogen and oxygen atoms in total. The molecule has 1 aliphatic carbocycles. The Balaban J connectivity index is 1.31. The van der Waals surface area contributed by atoms with E-state index in [1.807, 2.05) is 37.3 Å². The number of hydrogen-bond acceptors (Lipinski definition) is 7. The Hall–Kier alpha value is -4.81. The second-order valence-electron chi connectivity index (χ2n) is 11.9. The van der Waals surface area contributed by atoms with Gasteiger partial charge in [0.1, 0.15) is 11.7 Å². The molecule has 4 aromatic rings. The van der Waals surface area contributed by atoms with Gasteiger partial charge in [0.2, 0.25) is 11.8 Å². The number of carbonyl (C=O) groups excluding carboxylic acids is 2. The summed E-state index contributed by atoms with van der Waals surface area (Å²) >= 11 is 7.05. The number of aromatic nitrogens is 3. The molecule has 1 aliphatic heterocycles. The molecule has 0 radical (unpaired) electrons. The van der Waals surface area contributed by atoms with Crippen LogP contribution in [0.25, 0.3) is 22.4 Å². The Bertz CT molecular complexity index is 2040. The lowest BCUT2D eigenvalue weighted by Gasteiger charge is -2.21. The maximum Gasteiger partial charge on any atom is 0.330 e. The van der Waals surface area contributed by atoms with E-state index in [0.29, 0.717) is 63.9 Å². The molecule has 2 aliphatic rings. The Morgan fingerprint density at radius 1 is 1.13 bits per heavy atom. The zero-order valence-electron chi connectivity index (χ0n) is 26.3. The number of rotatable bonds is 8. The largest absolute Gasteiger partial charge is 0.481 e. The lowest BCUT2D eigenvalue weighted by atomic mass is 9.96. The molecule has 6 rings (SSSR count). The summed E-state index contributed by atoms with van der Waals surface area (Å²) in [5, 5.41) is 9.38. The Kier molecular flexibility index (Phi) is 8.73. The van der Waals surface area contributed by atoms with E-state index >= 15 is 4.39 Å². The van der Waals surface area contributed by atoms with Gasteiger partial charge in [0.25, 0.3) is 11.5 Å². The van der Waals surface area contributed by atoms with Gasteiger partial charge in [0.05, 0.1) is 23.9 Å². The van der Waals surface area contributed by atoms with E-state index in [-0.39, 0.29) is 23.9 Å². The third kappa shape index (κ3) is 5.94. The number of amides is 2. The van der Waals surface area contributed by atoms with Crippen LogP contribution in [0.4, 0.5) is 10.1 Å². The van der Waals surface area contributed by atoms with E-state index in [2.05, 4.69) is 16.0 Å². The van der Waals surface area contributed by atoms with Gasteiger partial charge in [-0.2, -0.15) is 0 Å². The van der Waals surface area contributed by atoms with Crippen molar-refractivity contribution < 1.29 is 18.7 Å². The first kappa shape index (κ1) is 32.1. The van der Waals surface area contributed by atoms with Crippen LogP contribution < -0.4 is 31.9 Å². The van der Waals surface area contributed by atoms with Crippen LogP contribution >= 0.6 is 11.6 Å². The number of halogens is 2. The second-order valence-corrected chi connectivity index (χ2v) is 12.3. The van der Waals surface area contributed by atoms with Gasteiger partial charge in [-0.25, -0.2) is 14.2 Å². The standard InChI is InChI=1S/C34H34ClFN6O5/c1-17-20(7-6-10-25(17)39-31(44)23-16-41(2)34(46)42(3)33(23)45)21-8-5-9-22(29(21)35)26-14-18-13-24(36)30(28(18)32(40-26)47-4)37-15-19-11-12-27(43)38-19/h5-10,14,16,19,24,30,37H,11-13,15H2,1-4H3,(H,38,43)(H,39,44)/t19-,24?,30?/m0/s1. The van der Waals surface area contributed by atoms with Crippen LogP contribution in [0.3, 0.4) is 0 Å². The van der Waals surface area contributed by atoms with Gasteiger partial charge in [-0.05, 0) is 42.2 Å². The molecular formula is C34H34ClFN6O5. The first-order chi connectivity index (χ1) is 22.5. The van der Waals surface area contributed by atoms with Crippen molar-refractivity contribution in [3.05, 3.63) is 96.8 Å². The first-order valence-electron chi connectivity index (χ1n) is 15.2. The van der Waals surface area contributed by atoms with Gasteiger partial charge in [-0.15, -0.1) is 0 Å². The van der Waals surface area contributed by atoms with Crippen LogP contribution in [0.5, 0.6) is 5.88 Å². The predicted octanol–water partition coefficient (Wildman–Crippen LogP) is 3.84. The van der Waals surface area contributed by atoms with Crippen molar-refractivity contribution in [3.63, 3.8) is 0 Å². The molecular weight excluding hydrogens is 627 g/mol. The summed E-state index contributed by atoms with van der Waals surface area (Å²) in [5.74, 6) is -0.344. The minimum Gasteiger partial charge on any atom is -0.481 e. The van der Waals surface area contributed by atoms with Crippen molar-refractivity contribution in [1.29, 1.82) is 0 Å². The van der Waals surface area contributed by atoms with Gasteiger partial charge in [-0.3, -0.25) is 19.0 Å². The highest BCUT2D eigenvalue weighted by molar-refractivity contribution is 6.36. The minimum atomic E-state index is -1.20. The predicted molar refractivity (Wildman–Crippen MR) is 177 cm³/mol. The normalized spacial score (nSPS) is 18.6. The molecule has 3 heterocycles. The molecule has 0 spiro atoms. The number of nitrogens with one attached hydrogen (secondary N) is 3. The van der Waals surface area contributed by atoms with Crippen LogP contribution in [0.1, 0.15) is 45.9 Å². The summed E-state index contributed by atoms with van der Waals surface area (Å²) in [6.45, 7) is 2.27. The molecule has 47 heavy (non-hydrogen) atoms. The number of hydrogen-bond donors (Lipinski definition) is 3. The van der Waals surface area contributed by atoms with E-state index in [1.165, 1.54) is 32.0 Å². The highest BCUT2D eigenvalue weighted by atomic mass is 35.5. The number of methoxy groups -OCH3 is 1. The lowest BCUT2D eigenvalue weighted by Crippen LogP contribution is -2.40. The molecule has 13 heteroatoms. The summed E-state index contributed by atoms with van der Waals surface area (Å²) in [5.41, 5.74) is 3.75. The minimum absolute atomic E-state index is 0.00322. The van der Waals surface area contributed by atoms with Crippen LogP contribution in [-0.2, 0) is 25.3 Å². The molecule has 0 bridgehead atoms. The van der Waals surface area contributed by atoms with Crippen LogP contribution in [0.2, 0.25) is 5.02 Å². The van der Waals surface area contributed by atoms with Crippen molar-refractivity contribution in [2.75, 3.05) is 19.0 Å². The number of aryl methyl sites for hydroxylation is 1. The molecule has 3 N–H and O–H groups in total. The molecule has 1 fully saturated rings. The lowest BCUT2D eigenvalue weighted by molar-refractivity contribution is -0.119. The van der Waals surface area contributed by atoms with Gasteiger partial charge in [-0.1, -0.05) is 41.9 Å². The molecule has 2 aromatic heterocycles. The SMILES string of the molecule is COc1nc(-c2cccc(-c3cccc(NC(=O)c4cn(C)c(=O)n(C)c4=O)c3C)c2Cl)cc2c1C(NC[C@@H]1CCC(=O)N1)C(F)C2. The smallest absolute Gasteiger partial charge is 0.330 e. The average Bonchev–Trinajstić information content (AvgIpc) is 3.62. The number of ether oxygens (including phenoxy) is 1. The zero-order chi connectivity index (χ0) is 33.6. The third-order valence-electron chi connectivity index (χ3n) is 8.90. The van der Waals surface area contributed by atoms with Crippen molar-refractivity contribution in [2.24, 2.45) is 14.1 Å². The first-order valence-corrected chi connectivity index (χ1v) is 15.6. The molecule has 3 atom stereocenters. The number of pyridine rings is 1. The van der Waals surface area contributed by atoms with Crippen LogP contribution in [0.15, 0.2) is 58.3 Å². The summed E-state index contributed by atoms with van der Waals surface area (Å²) in [7, 11) is 4.28. The van der Waals surface area contributed by atoms with Crippen molar-refractivity contribution >= 4 is 29.1 Å². The van der Waals surface area contributed by atoms with E-state index in [0.717, 1.165) is 15.7 Å². The highest BCUT2D eigenvalue weighted by Gasteiger charge is 2.37. The highest BCUT2D eigenvalue weighted by Crippen LogP contribution is 2.43. The quantitative estimate of drug-likeness (QED) is 0.261. The van der Waals surface area contributed by atoms with Crippen LogP contribution in [-0.4, -0.2) is 51.8 Å². The van der Waals surface area contributed by atoms with E-state index in [9.17, 15) is 19.2 Å². The number of fused-ring (bicyclic) bond motifs is 1. The fraction of sp³-hybridized carbons (Fsp3) is 0.324. The summed E-state index contributed by atoms with van der Waals surface area (Å²) in [6, 6.07) is 12.0. The number of carbonyl (C=O) groups is 2. The van der Waals surface area contributed by atoms with Crippen LogP contribution in [0, 0.1) is 6.92 Å². The summed E-state index contributed by atoms with van der Waals surface area (Å²) < 4.78 is 23.1.